The van der Waals surface area contributed by atoms with Crippen LogP contribution in [0.15, 0.2) is 66.9 Å². The molecule has 6 nitrogen and oxygen atoms in total. The van der Waals surface area contributed by atoms with Crippen molar-refractivity contribution in [2.75, 3.05) is 19.8 Å². The maximum absolute atomic E-state index is 12.7. The zero-order valence-corrected chi connectivity index (χ0v) is 17.2. The van der Waals surface area contributed by atoms with E-state index < -0.39 is 0 Å². The third kappa shape index (κ3) is 4.94. The second-order valence-electron chi connectivity index (χ2n) is 7.90. The van der Waals surface area contributed by atoms with Crippen LogP contribution in [-0.4, -0.2) is 40.7 Å². The number of aromatic nitrogens is 3. The molecule has 1 saturated heterocycles. The molecule has 0 saturated carbocycles. The van der Waals surface area contributed by atoms with Crippen molar-refractivity contribution >= 4 is 5.91 Å². The minimum absolute atomic E-state index is 0.0964. The number of amides is 1. The number of nitrogens with one attached hydrogen (secondary N) is 1. The van der Waals surface area contributed by atoms with E-state index in [0.717, 1.165) is 32.2 Å². The number of carbonyl (C=O) groups excluding carboxylic acids is 1. The second-order valence-corrected chi connectivity index (χ2v) is 7.90. The van der Waals surface area contributed by atoms with Crippen LogP contribution in [0.2, 0.25) is 0 Å². The lowest BCUT2D eigenvalue weighted by Crippen LogP contribution is -2.44. The quantitative estimate of drug-likeness (QED) is 0.625. The van der Waals surface area contributed by atoms with E-state index in [4.69, 9.17) is 4.74 Å². The van der Waals surface area contributed by atoms with Crippen LogP contribution in [0.1, 0.15) is 40.9 Å². The predicted octanol–water partition coefficient (Wildman–Crippen LogP) is 3.39. The Morgan fingerprint density at radius 2 is 1.73 bits per heavy atom. The molecule has 0 radical (unpaired) electrons. The first-order chi connectivity index (χ1) is 14.8. The normalized spacial score (nSPS) is 15.6. The van der Waals surface area contributed by atoms with Crippen molar-refractivity contribution in [1.29, 1.82) is 0 Å². The van der Waals surface area contributed by atoms with Crippen molar-refractivity contribution in [2.45, 2.75) is 37.6 Å². The van der Waals surface area contributed by atoms with E-state index in [1.54, 1.807) is 10.9 Å². The lowest BCUT2D eigenvalue weighted by atomic mass is 9.74. The lowest BCUT2D eigenvalue weighted by molar-refractivity contribution is 0.0486. The van der Waals surface area contributed by atoms with Crippen LogP contribution in [0.5, 0.6) is 0 Å². The molecule has 0 unspecified atom stereocenters. The Hall–Kier alpha value is -2.99. The Labute approximate surface area is 177 Å². The molecular weight excluding hydrogens is 376 g/mol. The molecule has 1 N–H and O–H groups in total. The number of hydrogen-bond acceptors (Lipinski definition) is 4. The molecule has 0 bridgehead atoms. The molecule has 2 heterocycles. The fourth-order valence-electron chi connectivity index (χ4n) is 4.06. The SMILES string of the molecule is O=C(NCC1(c2ccccc2)CCOCC1)c1cn(CCCc2ccccc2)nn1. The molecule has 156 valence electrons. The van der Waals surface area contributed by atoms with Gasteiger partial charge in [-0.3, -0.25) is 9.48 Å². The zero-order valence-electron chi connectivity index (χ0n) is 17.2. The molecule has 1 aliphatic rings. The summed E-state index contributed by atoms with van der Waals surface area (Å²) in [6, 6.07) is 20.8. The maximum Gasteiger partial charge on any atom is 0.273 e. The molecular formula is C24H28N4O2. The first-order valence-corrected chi connectivity index (χ1v) is 10.6. The third-order valence-corrected chi connectivity index (χ3v) is 5.89. The van der Waals surface area contributed by atoms with Gasteiger partial charge in [-0.05, 0) is 36.8 Å². The topological polar surface area (TPSA) is 69.0 Å². The summed E-state index contributed by atoms with van der Waals surface area (Å²) in [4.78, 5) is 12.7. The number of aryl methyl sites for hydroxylation is 2. The van der Waals surface area contributed by atoms with Crippen LogP contribution >= 0.6 is 0 Å². The summed E-state index contributed by atoms with van der Waals surface area (Å²) in [6.07, 6.45) is 5.45. The van der Waals surface area contributed by atoms with Crippen molar-refractivity contribution in [3.8, 4) is 0 Å². The van der Waals surface area contributed by atoms with E-state index in [9.17, 15) is 4.79 Å². The molecule has 4 rings (SSSR count). The smallest absolute Gasteiger partial charge is 0.273 e. The Balaban J connectivity index is 1.33. The van der Waals surface area contributed by atoms with Gasteiger partial charge in [-0.2, -0.15) is 0 Å². The number of nitrogens with zero attached hydrogens (tertiary/aromatic N) is 3. The van der Waals surface area contributed by atoms with Crippen LogP contribution in [0.3, 0.4) is 0 Å². The lowest BCUT2D eigenvalue weighted by Gasteiger charge is -2.37. The minimum Gasteiger partial charge on any atom is -0.381 e. The van der Waals surface area contributed by atoms with Crippen LogP contribution < -0.4 is 5.32 Å². The first kappa shape index (κ1) is 20.3. The van der Waals surface area contributed by atoms with Gasteiger partial charge in [-0.1, -0.05) is 65.9 Å². The number of benzene rings is 2. The molecule has 1 aromatic heterocycles. The Kier molecular flexibility index (Phi) is 6.54. The van der Waals surface area contributed by atoms with Gasteiger partial charge in [0.05, 0.1) is 6.20 Å². The first-order valence-electron chi connectivity index (χ1n) is 10.6. The van der Waals surface area contributed by atoms with Gasteiger partial charge in [0.1, 0.15) is 0 Å². The molecule has 2 aromatic carbocycles. The van der Waals surface area contributed by atoms with Crippen LogP contribution in [0.25, 0.3) is 0 Å². The van der Waals surface area contributed by atoms with E-state index in [0.29, 0.717) is 25.5 Å². The van der Waals surface area contributed by atoms with Gasteiger partial charge >= 0.3 is 0 Å². The van der Waals surface area contributed by atoms with Gasteiger partial charge in [0, 0.05) is 31.7 Å². The van der Waals surface area contributed by atoms with Gasteiger partial charge < -0.3 is 10.1 Å². The molecule has 3 aromatic rings. The summed E-state index contributed by atoms with van der Waals surface area (Å²) in [5.41, 5.74) is 2.82. The average molecular weight is 405 g/mol. The van der Waals surface area contributed by atoms with Crippen molar-refractivity contribution in [3.63, 3.8) is 0 Å². The average Bonchev–Trinajstić information content (AvgIpc) is 3.28. The second kappa shape index (κ2) is 9.67. The highest BCUT2D eigenvalue weighted by atomic mass is 16.5. The van der Waals surface area contributed by atoms with Gasteiger partial charge in [-0.15, -0.1) is 5.10 Å². The molecule has 0 aliphatic carbocycles. The van der Waals surface area contributed by atoms with Gasteiger partial charge in [-0.25, -0.2) is 0 Å². The summed E-state index contributed by atoms with van der Waals surface area (Å²) in [5, 5.41) is 11.3. The van der Waals surface area contributed by atoms with Crippen molar-refractivity contribution in [3.05, 3.63) is 83.7 Å². The predicted molar refractivity (Wildman–Crippen MR) is 115 cm³/mol. The van der Waals surface area contributed by atoms with Crippen molar-refractivity contribution < 1.29 is 9.53 Å². The number of ether oxygens (including phenoxy) is 1. The Morgan fingerprint density at radius 1 is 1.03 bits per heavy atom. The van der Waals surface area contributed by atoms with E-state index in [1.807, 2.05) is 24.3 Å². The number of carbonyl (C=O) groups is 1. The van der Waals surface area contributed by atoms with Crippen LogP contribution in [0.4, 0.5) is 0 Å². The fraction of sp³-hybridized carbons (Fsp3) is 0.375. The van der Waals surface area contributed by atoms with E-state index in [-0.39, 0.29) is 11.3 Å². The van der Waals surface area contributed by atoms with Crippen LogP contribution in [0, 0.1) is 0 Å². The molecule has 6 heteroatoms. The largest absolute Gasteiger partial charge is 0.381 e. The van der Waals surface area contributed by atoms with Gasteiger partial charge in [0.15, 0.2) is 5.69 Å². The minimum atomic E-state index is -0.175. The van der Waals surface area contributed by atoms with Gasteiger partial charge in [0.2, 0.25) is 0 Å². The number of rotatable bonds is 8. The summed E-state index contributed by atoms with van der Waals surface area (Å²) in [5.74, 6) is -0.175. The molecule has 0 atom stereocenters. The Morgan fingerprint density at radius 3 is 2.47 bits per heavy atom. The van der Waals surface area contributed by atoms with E-state index in [1.165, 1.54) is 11.1 Å². The summed E-state index contributed by atoms with van der Waals surface area (Å²) in [6.45, 7) is 2.73. The Bertz CT molecular complexity index is 934. The summed E-state index contributed by atoms with van der Waals surface area (Å²) >= 11 is 0. The highest BCUT2D eigenvalue weighted by Gasteiger charge is 2.35. The van der Waals surface area contributed by atoms with E-state index in [2.05, 4.69) is 52.0 Å². The van der Waals surface area contributed by atoms with Gasteiger partial charge in [0.25, 0.3) is 5.91 Å². The monoisotopic (exact) mass is 404 g/mol. The van der Waals surface area contributed by atoms with Crippen LogP contribution in [-0.2, 0) is 23.1 Å². The highest BCUT2D eigenvalue weighted by Crippen LogP contribution is 2.34. The highest BCUT2D eigenvalue weighted by molar-refractivity contribution is 5.91. The number of hydrogen-bond donors (Lipinski definition) is 1. The zero-order chi connectivity index (χ0) is 20.7. The maximum atomic E-state index is 12.7. The standard InChI is InChI=1S/C24H28N4O2/c29-23(22-18-28(27-26-22)15-7-10-20-8-3-1-4-9-20)25-19-24(13-16-30-17-14-24)21-11-5-2-6-12-21/h1-6,8-9,11-12,18H,7,10,13-17,19H2,(H,25,29). The molecule has 1 aliphatic heterocycles. The van der Waals surface area contributed by atoms with Crippen molar-refractivity contribution in [2.24, 2.45) is 0 Å². The third-order valence-electron chi connectivity index (χ3n) is 5.89. The molecule has 0 spiro atoms. The fourth-order valence-corrected chi connectivity index (χ4v) is 4.06. The van der Waals surface area contributed by atoms with Crippen molar-refractivity contribution in [1.82, 2.24) is 20.3 Å². The van der Waals surface area contributed by atoms with E-state index >= 15 is 0 Å². The summed E-state index contributed by atoms with van der Waals surface area (Å²) < 4.78 is 7.32. The summed E-state index contributed by atoms with van der Waals surface area (Å²) in [7, 11) is 0. The molecule has 30 heavy (non-hydrogen) atoms. The molecule has 1 amide bonds. The molecule has 1 fully saturated rings.